The zero-order valence-electron chi connectivity index (χ0n) is 11.3. The van der Waals surface area contributed by atoms with E-state index in [0.717, 1.165) is 16.3 Å². The first-order chi connectivity index (χ1) is 9.67. The molecule has 1 aromatic carbocycles. The summed E-state index contributed by atoms with van der Waals surface area (Å²) in [6.45, 7) is 4.41. The SMILES string of the molecule is CCOc1ccc(/C=C/C(=O)Nc2nnc(C)s2)cc1. The van der Waals surface area contributed by atoms with Gasteiger partial charge >= 0.3 is 0 Å². The maximum absolute atomic E-state index is 11.7. The molecule has 0 saturated heterocycles. The molecule has 0 aliphatic heterocycles. The Balaban J connectivity index is 1.93. The van der Waals surface area contributed by atoms with Gasteiger partial charge in [0.15, 0.2) is 0 Å². The topological polar surface area (TPSA) is 64.1 Å². The maximum Gasteiger partial charge on any atom is 0.250 e. The van der Waals surface area contributed by atoms with Gasteiger partial charge in [0, 0.05) is 6.08 Å². The van der Waals surface area contributed by atoms with Gasteiger partial charge in [-0.25, -0.2) is 0 Å². The summed E-state index contributed by atoms with van der Waals surface area (Å²) in [5, 5.41) is 11.6. The zero-order valence-corrected chi connectivity index (χ0v) is 12.1. The summed E-state index contributed by atoms with van der Waals surface area (Å²) in [5.41, 5.74) is 0.928. The van der Waals surface area contributed by atoms with Crippen molar-refractivity contribution >= 4 is 28.5 Å². The van der Waals surface area contributed by atoms with Crippen molar-refractivity contribution in [2.75, 3.05) is 11.9 Å². The fourth-order valence-corrected chi connectivity index (χ4v) is 2.10. The molecule has 1 N–H and O–H groups in total. The summed E-state index contributed by atoms with van der Waals surface area (Å²) >= 11 is 1.34. The number of ether oxygens (including phenoxy) is 1. The smallest absolute Gasteiger partial charge is 0.250 e. The molecule has 0 aliphatic rings. The molecule has 0 atom stereocenters. The van der Waals surface area contributed by atoms with Crippen LogP contribution in [-0.2, 0) is 4.79 Å². The Bertz CT molecular complexity index is 605. The van der Waals surface area contributed by atoms with Crippen molar-refractivity contribution in [2.45, 2.75) is 13.8 Å². The molecule has 0 fully saturated rings. The summed E-state index contributed by atoms with van der Waals surface area (Å²) in [5.74, 6) is 0.591. The van der Waals surface area contributed by atoms with Crippen LogP contribution in [0.5, 0.6) is 5.75 Å². The molecule has 0 saturated carbocycles. The second-order valence-corrected chi connectivity index (χ2v) is 5.13. The minimum Gasteiger partial charge on any atom is -0.494 e. The van der Waals surface area contributed by atoms with Gasteiger partial charge in [0.2, 0.25) is 11.0 Å². The molecule has 0 unspecified atom stereocenters. The highest BCUT2D eigenvalue weighted by Crippen LogP contribution is 2.15. The number of hydrogen-bond donors (Lipinski definition) is 1. The summed E-state index contributed by atoms with van der Waals surface area (Å²) in [4.78, 5) is 11.7. The van der Waals surface area contributed by atoms with Crippen LogP contribution in [0.25, 0.3) is 6.08 Å². The molecule has 6 heteroatoms. The fourth-order valence-electron chi connectivity index (χ4n) is 1.51. The number of carbonyl (C=O) groups is 1. The van der Waals surface area contributed by atoms with Crippen molar-refractivity contribution < 1.29 is 9.53 Å². The van der Waals surface area contributed by atoms with E-state index in [1.807, 2.05) is 38.1 Å². The van der Waals surface area contributed by atoms with Crippen molar-refractivity contribution in [3.05, 3.63) is 40.9 Å². The molecule has 1 aromatic heterocycles. The first-order valence-electron chi connectivity index (χ1n) is 6.19. The van der Waals surface area contributed by atoms with Gasteiger partial charge in [0.25, 0.3) is 0 Å². The van der Waals surface area contributed by atoms with Crippen LogP contribution in [0, 0.1) is 6.92 Å². The highest BCUT2D eigenvalue weighted by atomic mass is 32.1. The summed E-state index contributed by atoms with van der Waals surface area (Å²) in [6, 6.07) is 7.53. The zero-order chi connectivity index (χ0) is 14.4. The molecule has 0 radical (unpaired) electrons. The van der Waals surface area contributed by atoms with Crippen LogP contribution in [0.3, 0.4) is 0 Å². The van der Waals surface area contributed by atoms with Crippen LogP contribution in [0.1, 0.15) is 17.5 Å². The summed E-state index contributed by atoms with van der Waals surface area (Å²) in [7, 11) is 0. The van der Waals surface area contributed by atoms with Gasteiger partial charge in [-0.15, -0.1) is 10.2 Å². The van der Waals surface area contributed by atoms with E-state index in [2.05, 4.69) is 15.5 Å². The Hall–Kier alpha value is -2.21. The van der Waals surface area contributed by atoms with E-state index in [0.29, 0.717) is 11.7 Å². The monoisotopic (exact) mass is 289 g/mol. The lowest BCUT2D eigenvalue weighted by Crippen LogP contribution is -2.07. The van der Waals surface area contributed by atoms with Crippen LogP contribution in [0.15, 0.2) is 30.3 Å². The largest absolute Gasteiger partial charge is 0.494 e. The van der Waals surface area contributed by atoms with E-state index in [9.17, 15) is 4.79 Å². The van der Waals surface area contributed by atoms with Gasteiger partial charge in [-0.1, -0.05) is 23.5 Å². The molecular weight excluding hydrogens is 274 g/mol. The third-order valence-corrected chi connectivity index (χ3v) is 3.13. The Morgan fingerprint density at radius 1 is 1.35 bits per heavy atom. The molecule has 0 bridgehead atoms. The predicted octanol–water partition coefficient (Wildman–Crippen LogP) is 2.90. The minimum atomic E-state index is -0.227. The maximum atomic E-state index is 11.7. The third-order valence-electron chi connectivity index (χ3n) is 2.37. The number of hydrogen-bond acceptors (Lipinski definition) is 5. The molecule has 0 aliphatic carbocycles. The van der Waals surface area contributed by atoms with Crippen molar-refractivity contribution in [1.82, 2.24) is 10.2 Å². The third kappa shape index (κ3) is 4.17. The van der Waals surface area contributed by atoms with Crippen molar-refractivity contribution in [3.8, 4) is 5.75 Å². The average molecular weight is 289 g/mol. The van der Waals surface area contributed by atoms with Gasteiger partial charge in [0.1, 0.15) is 10.8 Å². The van der Waals surface area contributed by atoms with E-state index in [-0.39, 0.29) is 5.91 Å². The highest BCUT2D eigenvalue weighted by Gasteiger charge is 2.02. The van der Waals surface area contributed by atoms with E-state index >= 15 is 0 Å². The van der Waals surface area contributed by atoms with E-state index in [1.165, 1.54) is 17.4 Å². The van der Waals surface area contributed by atoms with Crippen LogP contribution in [0.2, 0.25) is 0 Å². The van der Waals surface area contributed by atoms with Gasteiger partial charge in [-0.05, 0) is 37.6 Å². The molecule has 0 spiro atoms. The van der Waals surface area contributed by atoms with Gasteiger partial charge in [-0.2, -0.15) is 0 Å². The Kier molecular flexibility index (Phi) is 4.84. The molecular formula is C14H15N3O2S. The number of nitrogens with one attached hydrogen (secondary N) is 1. The van der Waals surface area contributed by atoms with E-state index < -0.39 is 0 Å². The summed E-state index contributed by atoms with van der Waals surface area (Å²) < 4.78 is 5.35. The van der Waals surface area contributed by atoms with Crippen molar-refractivity contribution in [1.29, 1.82) is 0 Å². The predicted molar refractivity (Wildman–Crippen MR) is 79.9 cm³/mol. The second-order valence-electron chi connectivity index (χ2n) is 3.95. The fraction of sp³-hybridized carbons (Fsp3) is 0.214. The molecule has 1 heterocycles. The number of anilines is 1. The van der Waals surface area contributed by atoms with Gasteiger partial charge < -0.3 is 4.74 Å². The standard InChI is InChI=1S/C14H15N3O2S/c1-3-19-12-7-4-11(5-8-12)6-9-13(18)15-14-17-16-10(2)20-14/h4-9H,3H2,1-2H3,(H,15,17,18)/b9-6+. The molecule has 2 rings (SSSR count). The van der Waals surface area contributed by atoms with Gasteiger partial charge in [-0.3, -0.25) is 10.1 Å². The molecule has 20 heavy (non-hydrogen) atoms. The lowest BCUT2D eigenvalue weighted by atomic mass is 10.2. The second kappa shape index (κ2) is 6.81. The molecule has 2 aromatic rings. The molecule has 104 valence electrons. The van der Waals surface area contributed by atoms with Crippen LogP contribution < -0.4 is 10.1 Å². The number of nitrogens with zero attached hydrogens (tertiary/aromatic N) is 2. The first-order valence-corrected chi connectivity index (χ1v) is 7.01. The van der Waals surface area contributed by atoms with Crippen LogP contribution in [-0.4, -0.2) is 22.7 Å². The minimum absolute atomic E-state index is 0.227. The van der Waals surface area contributed by atoms with Crippen molar-refractivity contribution in [2.24, 2.45) is 0 Å². The number of benzene rings is 1. The van der Waals surface area contributed by atoms with E-state index in [1.54, 1.807) is 6.08 Å². The Morgan fingerprint density at radius 2 is 2.10 bits per heavy atom. The number of aromatic nitrogens is 2. The molecule has 5 nitrogen and oxygen atoms in total. The number of carbonyl (C=O) groups excluding carboxylic acids is 1. The lowest BCUT2D eigenvalue weighted by Gasteiger charge is -2.02. The summed E-state index contributed by atoms with van der Waals surface area (Å²) in [6.07, 6.45) is 3.20. The molecule has 1 amide bonds. The number of rotatable bonds is 5. The van der Waals surface area contributed by atoms with Crippen LogP contribution >= 0.6 is 11.3 Å². The lowest BCUT2D eigenvalue weighted by molar-refractivity contribution is -0.111. The Morgan fingerprint density at radius 3 is 2.70 bits per heavy atom. The van der Waals surface area contributed by atoms with Gasteiger partial charge in [0.05, 0.1) is 6.61 Å². The highest BCUT2D eigenvalue weighted by molar-refractivity contribution is 7.15. The number of aryl methyl sites for hydroxylation is 1. The van der Waals surface area contributed by atoms with Crippen molar-refractivity contribution in [3.63, 3.8) is 0 Å². The number of amides is 1. The average Bonchev–Trinajstić information content (AvgIpc) is 2.84. The Labute approximate surface area is 121 Å². The van der Waals surface area contributed by atoms with Crippen LogP contribution in [0.4, 0.5) is 5.13 Å². The first kappa shape index (κ1) is 14.2. The van der Waals surface area contributed by atoms with E-state index in [4.69, 9.17) is 4.74 Å². The quantitative estimate of drug-likeness (QED) is 0.860. The normalized spacial score (nSPS) is 10.7.